The number of amides is 3. The second-order valence-electron chi connectivity index (χ2n) is 5.97. The molecular formula is C16H24N4O5S. The van der Waals surface area contributed by atoms with Crippen LogP contribution in [0, 0.1) is 0 Å². The summed E-state index contributed by atoms with van der Waals surface area (Å²) in [6, 6.07) is 3.47. The second kappa shape index (κ2) is 7.92. The number of sulfonamides is 1. The Bertz CT molecular complexity index is 794. The number of carbonyl (C=O) groups is 2. The van der Waals surface area contributed by atoms with Crippen LogP contribution in [0.5, 0.6) is 5.75 Å². The summed E-state index contributed by atoms with van der Waals surface area (Å²) in [4.78, 5) is 25.1. The molecule has 1 heterocycles. The first kappa shape index (κ1) is 20.0. The van der Waals surface area contributed by atoms with Crippen molar-refractivity contribution in [3.8, 4) is 5.75 Å². The van der Waals surface area contributed by atoms with Crippen LogP contribution >= 0.6 is 0 Å². The number of hydrogen-bond acceptors (Lipinski definition) is 6. The fraction of sp³-hybridized carbons (Fsp3) is 0.500. The van der Waals surface area contributed by atoms with E-state index in [1.54, 1.807) is 26.0 Å². The monoisotopic (exact) mass is 384 g/mol. The average molecular weight is 384 g/mol. The number of nitrogens with one attached hydrogen (secondary N) is 2. The fourth-order valence-electron chi connectivity index (χ4n) is 2.50. The quantitative estimate of drug-likeness (QED) is 0.716. The molecule has 0 aliphatic carbocycles. The van der Waals surface area contributed by atoms with Gasteiger partial charge in [-0.25, -0.2) is 17.5 Å². The number of imide groups is 1. The van der Waals surface area contributed by atoms with Crippen LogP contribution in [0.1, 0.15) is 13.8 Å². The van der Waals surface area contributed by atoms with Crippen LogP contribution in [0.4, 0.5) is 10.5 Å². The largest absolute Gasteiger partial charge is 0.492 e. The molecule has 2 rings (SSSR count). The van der Waals surface area contributed by atoms with Gasteiger partial charge in [-0.15, -0.1) is 0 Å². The third-order valence-corrected chi connectivity index (χ3v) is 5.71. The van der Waals surface area contributed by atoms with E-state index in [9.17, 15) is 18.0 Å². The zero-order valence-electron chi connectivity index (χ0n) is 15.3. The highest BCUT2D eigenvalue weighted by atomic mass is 32.2. The van der Waals surface area contributed by atoms with Gasteiger partial charge in [-0.05, 0) is 32.0 Å². The van der Waals surface area contributed by atoms with Gasteiger partial charge in [0.25, 0.3) is 5.91 Å². The summed E-state index contributed by atoms with van der Waals surface area (Å²) in [7, 11) is -0.856. The molecule has 144 valence electrons. The SMILES string of the molecule is CCOc1ccc(NC(C)C(=O)N2CCNC2=O)cc1S(=O)(=O)N(C)C. The Labute approximate surface area is 153 Å². The smallest absolute Gasteiger partial charge is 0.324 e. The summed E-state index contributed by atoms with van der Waals surface area (Å²) >= 11 is 0. The molecular weight excluding hydrogens is 360 g/mol. The van der Waals surface area contributed by atoms with E-state index in [-0.39, 0.29) is 16.6 Å². The van der Waals surface area contributed by atoms with Crippen molar-refractivity contribution >= 4 is 27.6 Å². The molecule has 3 amide bonds. The van der Waals surface area contributed by atoms with E-state index in [1.807, 2.05) is 0 Å². The van der Waals surface area contributed by atoms with Crippen LogP contribution in [0.3, 0.4) is 0 Å². The number of anilines is 1. The molecule has 10 heteroatoms. The Kier molecular flexibility index (Phi) is 6.09. The van der Waals surface area contributed by atoms with Crippen molar-refractivity contribution in [1.82, 2.24) is 14.5 Å². The van der Waals surface area contributed by atoms with E-state index in [0.717, 1.165) is 9.21 Å². The predicted octanol–water partition coefficient (Wildman–Crippen LogP) is 0.688. The molecule has 0 spiro atoms. The first-order valence-corrected chi connectivity index (χ1v) is 9.67. The van der Waals surface area contributed by atoms with Gasteiger partial charge < -0.3 is 15.4 Å². The lowest BCUT2D eigenvalue weighted by Gasteiger charge is -2.21. The van der Waals surface area contributed by atoms with Crippen LogP contribution in [-0.2, 0) is 14.8 Å². The Hall–Kier alpha value is -2.33. The van der Waals surface area contributed by atoms with Crippen LogP contribution in [0.15, 0.2) is 23.1 Å². The molecule has 0 saturated carbocycles. The molecule has 1 aliphatic heterocycles. The van der Waals surface area contributed by atoms with Gasteiger partial charge in [0, 0.05) is 32.9 Å². The molecule has 1 atom stereocenters. The lowest BCUT2D eigenvalue weighted by atomic mass is 10.2. The van der Waals surface area contributed by atoms with Crippen molar-refractivity contribution in [2.24, 2.45) is 0 Å². The molecule has 0 radical (unpaired) electrons. The van der Waals surface area contributed by atoms with E-state index < -0.39 is 22.1 Å². The minimum atomic E-state index is -3.72. The maximum absolute atomic E-state index is 12.5. The van der Waals surface area contributed by atoms with Crippen molar-refractivity contribution in [3.63, 3.8) is 0 Å². The zero-order chi connectivity index (χ0) is 19.5. The highest BCUT2D eigenvalue weighted by Gasteiger charge is 2.30. The molecule has 9 nitrogen and oxygen atoms in total. The summed E-state index contributed by atoms with van der Waals surface area (Å²) in [6.07, 6.45) is 0. The van der Waals surface area contributed by atoms with Gasteiger partial charge >= 0.3 is 6.03 Å². The van der Waals surface area contributed by atoms with E-state index >= 15 is 0 Å². The van der Waals surface area contributed by atoms with Crippen LogP contribution < -0.4 is 15.4 Å². The number of benzene rings is 1. The van der Waals surface area contributed by atoms with Crippen molar-refractivity contribution in [1.29, 1.82) is 0 Å². The third-order valence-electron chi connectivity index (χ3n) is 3.88. The highest BCUT2D eigenvalue weighted by Crippen LogP contribution is 2.29. The van der Waals surface area contributed by atoms with Gasteiger partial charge in [-0.1, -0.05) is 0 Å². The summed E-state index contributed by atoms with van der Waals surface area (Å²) in [6.45, 7) is 4.44. The molecule has 1 unspecified atom stereocenters. The molecule has 1 aromatic rings. The first-order chi connectivity index (χ1) is 12.2. The van der Waals surface area contributed by atoms with Crippen molar-refractivity contribution in [3.05, 3.63) is 18.2 Å². The first-order valence-electron chi connectivity index (χ1n) is 8.23. The molecule has 1 fully saturated rings. The van der Waals surface area contributed by atoms with Crippen molar-refractivity contribution < 1.29 is 22.7 Å². The number of urea groups is 1. The van der Waals surface area contributed by atoms with Gasteiger partial charge in [-0.3, -0.25) is 9.69 Å². The number of nitrogens with zero attached hydrogens (tertiary/aromatic N) is 2. The lowest BCUT2D eigenvalue weighted by molar-refractivity contribution is -0.128. The van der Waals surface area contributed by atoms with E-state index in [0.29, 0.717) is 25.4 Å². The van der Waals surface area contributed by atoms with Gasteiger partial charge in [0.05, 0.1) is 6.61 Å². The molecule has 1 aromatic carbocycles. The summed E-state index contributed by atoms with van der Waals surface area (Å²) in [5.74, 6) is -0.143. The van der Waals surface area contributed by atoms with Crippen LogP contribution in [-0.4, -0.2) is 69.4 Å². The second-order valence-corrected chi connectivity index (χ2v) is 8.09. The standard InChI is InChI=1S/C16H24N4O5S/c1-5-25-13-7-6-12(10-14(13)26(23,24)19(3)4)18-11(2)15(21)20-9-8-17-16(20)22/h6-7,10-11,18H,5,8-9H2,1-4H3,(H,17,22). The molecule has 1 saturated heterocycles. The Balaban J connectivity index is 2.27. The lowest BCUT2D eigenvalue weighted by Crippen LogP contribution is -2.43. The third kappa shape index (κ3) is 4.07. The number of ether oxygens (including phenoxy) is 1. The topological polar surface area (TPSA) is 108 Å². The van der Waals surface area contributed by atoms with Crippen molar-refractivity contribution in [2.75, 3.05) is 39.1 Å². The minimum absolute atomic E-state index is 0.00733. The number of carbonyl (C=O) groups excluding carboxylic acids is 2. The van der Waals surface area contributed by atoms with Gasteiger partial charge in [0.1, 0.15) is 16.7 Å². The maximum Gasteiger partial charge on any atom is 0.324 e. The van der Waals surface area contributed by atoms with E-state index in [4.69, 9.17) is 4.74 Å². The Morgan fingerprint density at radius 1 is 1.42 bits per heavy atom. The summed E-state index contributed by atoms with van der Waals surface area (Å²) in [5.41, 5.74) is 0.439. The van der Waals surface area contributed by atoms with Crippen LogP contribution in [0.25, 0.3) is 0 Å². The molecule has 1 aliphatic rings. The fourth-order valence-corrected chi connectivity index (χ4v) is 3.55. The summed E-state index contributed by atoms with van der Waals surface area (Å²) in [5, 5.41) is 5.52. The zero-order valence-corrected chi connectivity index (χ0v) is 16.1. The van der Waals surface area contributed by atoms with Gasteiger partial charge in [0.15, 0.2) is 0 Å². The average Bonchev–Trinajstić information content (AvgIpc) is 3.01. The Morgan fingerprint density at radius 3 is 2.65 bits per heavy atom. The van der Waals surface area contributed by atoms with E-state index in [1.165, 1.54) is 20.2 Å². The van der Waals surface area contributed by atoms with Crippen molar-refractivity contribution in [2.45, 2.75) is 24.8 Å². The molecule has 26 heavy (non-hydrogen) atoms. The predicted molar refractivity (Wildman–Crippen MR) is 96.7 cm³/mol. The number of hydrogen-bond donors (Lipinski definition) is 2. The summed E-state index contributed by atoms with van der Waals surface area (Å²) < 4.78 is 31.6. The van der Waals surface area contributed by atoms with Crippen LogP contribution in [0.2, 0.25) is 0 Å². The normalized spacial score (nSPS) is 15.7. The van der Waals surface area contributed by atoms with E-state index in [2.05, 4.69) is 10.6 Å². The van der Waals surface area contributed by atoms with Gasteiger partial charge in [-0.2, -0.15) is 0 Å². The molecule has 0 bridgehead atoms. The highest BCUT2D eigenvalue weighted by molar-refractivity contribution is 7.89. The molecule has 0 aromatic heterocycles. The maximum atomic E-state index is 12.5. The van der Waals surface area contributed by atoms with Gasteiger partial charge in [0.2, 0.25) is 10.0 Å². The Morgan fingerprint density at radius 2 is 2.12 bits per heavy atom. The number of rotatable bonds is 7. The molecule has 2 N–H and O–H groups in total. The minimum Gasteiger partial charge on any atom is -0.492 e.